The number of halogens is 2. The maximum atomic E-state index is 12.1. The van der Waals surface area contributed by atoms with Crippen LogP contribution in [0.1, 0.15) is 23.2 Å². The Morgan fingerprint density at radius 3 is 2.75 bits per heavy atom. The van der Waals surface area contributed by atoms with Gasteiger partial charge in [-0.15, -0.1) is 0 Å². The quantitative estimate of drug-likeness (QED) is 0.805. The predicted octanol–water partition coefficient (Wildman–Crippen LogP) is 2.57. The molecule has 2 unspecified atom stereocenters. The Labute approximate surface area is 132 Å². The number of nitrogens with one attached hydrogen (secondary N) is 1. The molecule has 1 amide bonds. The molecule has 1 saturated heterocycles. The highest BCUT2D eigenvalue weighted by atomic mass is 79.9. The SMILES string of the molecule is O=C(NCC1CCC(C(=O)O)O1)c1cc(Br)ccc1Br. The van der Waals surface area contributed by atoms with E-state index >= 15 is 0 Å². The first kappa shape index (κ1) is 15.5. The molecule has 0 radical (unpaired) electrons. The van der Waals surface area contributed by atoms with Crippen molar-refractivity contribution in [3.8, 4) is 0 Å². The molecule has 2 N–H and O–H groups in total. The van der Waals surface area contributed by atoms with Gasteiger partial charge in [0, 0.05) is 15.5 Å². The lowest BCUT2D eigenvalue weighted by Gasteiger charge is -2.13. The molecule has 0 spiro atoms. The van der Waals surface area contributed by atoms with Gasteiger partial charge < -0.3 is 15.2 Å². The lowest BCUT2D eigenvalue weighted by atomic mass is 10.2. The van der Waals surface area contributed by atoms with Crippen molar-refractivity contribution in [2.24, 2.45) is 0 Å². The van der Waals surface area contributed by atoms with Gasteiger partial charge in [-0.1, -0.05) is 15.9 Å². The van der Waals surface area contributed by atoms with Crippen molar-refractivity contribution < 1.29 is 19.4 Å². The van der Waals surface area contributed by atoms with Gasteiger partial charge in [-0.25, -0.2) is 4.79 Å². The summed E-state index contributed by atoms with van der Waals surface area (Å²) < 4.78 is 6.84. The third-order valence-electron chi connectivity index (χ3n) is 3.05. The van der Waals surface area contributed by atoms with Gasteiger partial charge in [-0.2, -0.15) is 0 Å². The van der Waals surface area contributed by atoms with Crippen LogP contribution in [0.3, 0.4) is 0 Å². The highest BCUT2D eigenvalue weighted by Crippen LogP contribution is 2.22. The van der Waals surface area contributed by atoms with Crippen LogP contribution in [0.25, 0.3) is 0 Å². The number of rotatable bonds is 4. The van der Waals surface area contributed by atoms with Gasteiger partial charge in [0.15, 0.2) is 6.10 Å². The number of hydrogen-bond donors (Lipinski definition) is 2. The van der Waals surface area contributed by atoms with Crippen LogP contribution < -0.4 is 5.32 Å². The van der Waals surface area contributed by atoms with Crippen molar-refractivity contribution in [1.29, 1.82) is 0 Å². The number of carbonyl (C=O) groups excluding carboxylic acids is 1. The van der Waals surface area contributed by atoms with E-state index in [1.807, 2.05) is 6.07 Å². The molecule has 1 fully saturated rings. The lowest BCUT2D eigenvalue weighted by Crippen LogP contribution is -2.33. The monoisotopic (exact) mass is 405 g/mol. The summed E-state index contributed by atoms with van der Waals surface area (Å²) in [6, 6.07) is 5.33. The molecule has 2 rings (SSSR count). The minimum Gasteiger partial charge on any atom is -0.479 e. The Bertz CT molecular complexity index is 535. The number of hydrogen-bond acceptors (Lipinski definition) is 3. The van der Waals surface area contributed by atoms with Gasteiger partial charge >= 0.3 is 5.97 Å². The molecule has 1 aromatic rings. The fourth-order valence-corrected chi connectivity index (χ4v) is 2.80. The molecule has 20 heavy (non-hydrogen) atoms. The predicted molar refractivity (Wildman–Crippen MR) is 79.7 cm³/mol. The molecule has 1 aliphatic rings. The van der Waals surface area contributed by atoms with E-state index in [2.05, 4.69) is 37.2 Å². The van der Waals surface area contributed by atoms with E-state index < -0.39 is 12.1 Å². The Hall–Kier alpha value is -0.920. The van der Waals surface area contributed by atoms with E-state index in [9.17, 15) is 9.59 Å². The Balaban J connectivity index is 1.90. The molecule has 7 heteroatoms. The molecule has 0 aliphatic carbocycles. The van der Waals surface area contributed by atoms with E-state index in [1.54, 1.807) is 12.1 Å². The van der Waals surface area contributed by atoms with E-state index in [4.69, 9.17) is 9.84 Å². The minimum absolute atomic E-state index is 0.222. The molecule has 0 aromatic heterocycles. The average molecular weight is 407 g/mol. The summed E-state index contributed by atoms with van der Waals surface area (Å²) in [5.74, 6) is -1.17. The smallest absolute Gasteiger partial charge is 0.332 e. The number of ether oxygens (including phenoxy) is 1. The molecule has 0 saturated carbocycles. The van der Waals surface area contributed by atoms with Crippen LogP contribution >= 0.6 is 31.9 Å². The molecular weight excluding hydrogens is 394 g/mol. The first-order valence-corrected chi connectivity index (χ1v) is 7.67. The summed E-state index contributed by atoms with van der Waals surface area (Å²) >= 11 is 6.64. The third-order valence-corrected chi connectivity index (χ3v) is 4.23. The molecule has 2 atom stereocenters. The summed E-state index contributed by atoms with van der Waals surface area (Å²) in [4.78, 5) is 22.8. The summed E-state index contributed by atoms with van der Waals surface area (Å²) in [6.45, 7) is 0.307. The van der Waals surface area contributed by atoms with Gasteiger partial charge in [-0.3, -0.25) is 4.79 Å². The summed E-state index contributed by atoms with van der Waals surface area (Å²) in [6.07, 6.45) is 0.119. The zero-order valence-electron chi connectivity index (χ0n) is 10.4. The number of carboxylic acids is 1. The Morgan fingerprint density at radius 1 is 1.35 bits per heavy atom. The van der Waals surface area contributed by atoms with Gasteiger partial charge in [0.1, 0.15) is 0 Å². The second kappa shape index (κ2) is 6.69. The normalized spacial score (nSPS) is 21.7. The van der Waals surface area contributed by atoms with E-state index in [1.165, 1.54) is 0 Å². The fraction of sp³-hybridized carbons (Fsp3) is 0.385. The first-order chi connectivity index (χ1) is 9.47. The fourth-order valence-electron chi connectivity index (χ4n) is 2.01. The van der Waals surface area contributed by atoms with Gasteiger partial charge in [0.2, 0.25) is 0 Å². The van der Waals surface area contributed by atoms with E-state index in [0.29, 0.717) is 29.4 Å². The van der Waals surface area contributed by atoms with Crippen molar-refractivity contribution in [1.82, 2.24) is 5.32 Å². The van der Waals surface area contributed by atoms with Crippen molar-refractivity contribution >= 4 is 43.7 Å². The van der Waals surface area contributed by atoms with E-state index in [-0.39, 0.29) is 12.0 Å². The van der Waals surface area contributed by atoms with Gasteiger partial charge in [-0.05, 0) is 47.0 Å². The van der Waals surface area contributed by atoms with Crippen molar-refractivity contribution in [3.05, 3.63) is 32.7 Å². The van der Waals surface area contributed by atoms with Crippen LogP contribution in [0.4, 0.5) is 0 Å². The summed E-state index contributed by atoms with van der Waals surface area (Å²) in [5.41, 5.74) is 0.521. The highest BCUT2D eigenvalue weighted by Gasteiger charge is 2.30. The molecule has 1 aromatic carbocycles. The Morgan fingerprint density at radius 2 is 2.10 bits per heavy atom. The minimum atomic E-state index is -0.950. The maximum absolute atomic E-state index is 12.1. The third kappa shape index (κ3) is 3.80. The van der Waals surface area contributed by atoms with Crippen LogP contribution in [0.5, 0.6) is 0 Å². The van der Waals surface area contributed by atoms with E-state index in [0.717, 1.165) is 4.47 Å². The number of carbonyl (C=O) groups is 2. The van der Waals surface area contributed by atoms with Gasteiger partial charge in [0.05, 0.1) is 11.7 Å². The molecule has 1 aliphatic heterocycles. The summed E-state index contributed by atoms with van der Waals surface area (Å²) in [5, 5.41) is 11.6. The standard InChI is InChI=1S/C13H13Br2NO4/c14-7-1-3-10(15)9(5-7)12(17)16-6-8-2-4-11(20-8)13(18)19/h1,3,5,8,11H,2,4,6H2,(H,16,17)(H,18,19). The van der Waals surface area contributed by atoms with Crippen molar-refractivity contribution in [2.75, 3.05) is 6.54 Å². The average Bonchev–Trinajstić information content (AvgIpc) is 2.88. The highest BCUT2D eigenvalue weighted by molar-refractivity contribution is 9.11. The zero-order valence-corrected chi connectivity index (χ0v) is 13.6. The molecule has 1 heterocycles. The topological polar surface area (TPSA) is 75.6 Å². The number of benzene rings is 1. The number of amides is 1. The number of carboxylic acid groups (broad SMARTS) is 1. The van der Waals surface area contributed by atoms with Gasteiger partial charge in [0.25, 0.3) is 5.91 Å². The van der Waals surface area contributed by atoms with Crippen molar-refractivity contribution in [2.45, 2.75) is 25.0 Å². The molecule has 5 nitrogen and oxygen atoms in total. The molecular formula is C13H13Br2NO4. The second-order valence-corrected chi connectivity index (χ2v) is 6.27. The van der Waals surface area contributed by atoms with Crippen LogP contribution in [-0.2, 0) is 9.53 Å². The van der Waals surface area contributed by atoms with Crippen LogP contribution in [0.2, 0.25) is 0 Å². The maximum Gasteiger partial charge on any atom is 0.332 e. The molecule has 108 valence electrons. The first-order valence-electron chi connectivity index (χ1n) is 6.09. The van der Waals surface area contributed by atoms with Crippen LogP contribution in [-0.4, -0.2) is 35.7 Å². The zero-order chi connectivity index (χ0) is 14.7. The lowest BCUT2D eigenvalue weighted by molar-refractivity contribution is -0.149. The van der Waals surface area contributed by atoms with Crippen LogP contribution in [0, 0.1) is 0 Å². The largest absolute Gasteiger partial charge is 0.479 e. The Kier molecular flexibility index (Phi) is 5.17. The summed E-state index contributed by atoms with van der Waals surface area (Å²) in [7, 11) is 0. The second-order valence-electron chi connectivity index (χ2n) is 4.50. The van der Waals surface area contributed by atoms with Crippen LogP contribution in [0.15, 0.2) is 27.1 Å². The molecule has 0 bridgehead atoms. The van der Waals surface area contributed by atoms with Crippen molar-refractivity contribution in [3.63, 3.8) is 0 Å². The number of aliphatic carboxylic acids is 1.